The lowest BCUT2D eigenvalue weighted by molar-refractivity contribution is 0.0433. The first-order valence-corrected chi connectivity index (χ1v) is 5.91. The van der Waals surface area contributed by atoms with Crippen LogP contribution in [-0.4, -0.2) is 55.2 Å². The predicted octanol–water partition coefficient (Wildman–Crippen LogP) is 1.56. The molecule has 0 aromatic heterocycles. The van der Waals surface area contributed by atoms with E-state index in [-0.39, 0.29) is 6.03 Å². The maximum absolute atomic E-state index is 12.1. The summed E-state index contributed by atoms with van der Waals surface area (Å²) < 4.78 is 5.24. The third kappa shape index (κ3) is 3.70. The molecule has 4 heteroatoms. The van der Waals surface area contributed by atoms with E-state index in [1.54, 1.807) is 0 Å². The molecule has 1 heterocycles. The molecule has 0 radical (unpaired) electrons. The molecule has 1 rings (SSSR count). The molecule has 1 aliphatic rings. The number of morpholine rings is 1. The van der Waals surface area contributed by atoms with Gasteiger partial charge in [-0.3, -0.25) is 0 Å². The van der Waals surface area contributed by atoms with Gasteiger partial charge in [0.2, 0.25) is 0 Å². The number of carbonyl (C=O) groups excluding carboxylic acids is 1. The first-order chi connectivity index (χ1) is 7.29. The summed E-state index contributed by atoms with van der Waals surface area (Å²) in [6, 6.07) is 0.182. The highest BCUT2D eigenvalue weighted by molar-refractivity contribution is 5.74. The number of hydrogen-bond acceptors (Lipinski definition) is 2. The number of hydrogen-bond donors (Lipinski definition) is 0. The molecule has 2 amide bonds. The molecule has 15 heavy (non-hydrogen) atoms. The van der Waals surface area contributed by atoms with E-state index in [1.807, 2.05) is 9.80 Å². The van der Waals surface area contributed by atoms with Gasteiger partial charge in [0.15, 0.2) is 0 Å². The molecule has 88 valence electrons. The van der Waals surface area contributed by atoms with E-state index in [9.17, 15) is 4.79 Å². The van der Waals surface area contributed by atoms with Crippen molar-refractivity contribution in [3.05, 3.63) is 0 Å². The van der Waals surface area contributed by atoms with Crippen LogP contribution in [0.4, 0.5) is 4.79 Å². The third-order valence-electron chi connectivity index (χ3n) is 2.54. The van der Waals surface area contributed by atoms with Crippen LogP contribution in [-0.2, 0) is 4.74 Å². The van der Waals surface area contributed by atoms with Crippen LogP contribution in [0.2, 0.25) is 0 Å². The van der Waals surface area contributed by atoms with Crippen LogP contribution in [0.15, 0.2) is 0 Å². The summed E-state index contributed by atoms with van der Waals surface area (Å²) in [4.78, 5) is 15.9. The molecule has 0 atom stereocenters. The summed E-state index contributed by atoms with van der Waals surface area (Å²) in [5, 5.41) is 0. The Balaban J connectivity index is 2.45. The van der Waals surface area contributed by atoms with Crippen LogP contribution in [0.5, 0.6) is 0 Å². The van der Waals surface area contributed by atoms with Gasteiger partial charge in [0, 0.05) is 26.2 Å². The molecule has 0 unspecified atom stereocenters. The molecule has 0 bridgehead atoms. The monoisotopic (exact) mass is 214 g/mol. The van der Waals surface area contributed by atoms with E-state index in [4.69, 9.17) is 4.74 Å². The fraction of sp³-hybridized carbons (Fsp3) is 0.909. The van der Waals surface area contributed by atoms with Gasteiger partial charge in [0.1, 0.15) is 0 Å². The molecule has 1 aliphatic heterocycles. The molecule has 1 saturated heterocycles. The van der Waals surface area contributed by atoms with Gasteiger partial charge in [0.05, 0.1) is 13.2 Å². The maximum Gasteiger partial charge on any atom is 0.320 e. The Kier molecular flexibility index (Phi) is 5.47. The molecular formula is C11H22N2O2. The number of amides is 2. The van der Waals surface area contributed by atoms with Gasteiger partial charge in [-0.15, -0.1) is 0 Å². The molecule has 1 fully saturated rings. The van der Waals surface area contributed by atoms with E-state index in [0.29, 0.717) is 13.2 Å². The van der Waals surface area contributed by atoms with E-state index in [2.05, 4.69) is 13.8 Å². The van der Waals surface area contributed by atoms with Crippen LogP contribution in [0.3, 0.4) is 0 Å². The zero-order valence-corrected chi connectivity index (χ0v) is 9.87. The highest BCUT2D eigenvalue weighted by Gasteiger charge is 2.21. The Morgan fingerprint density at radius 3 is 2.20 bits per heavy atom. The average Bonchev–Trinajstić information content (AvgIpc) is 2.29. The second-order valence-corrected chi connectivity index (χ2v) is 3.87. The lowest BCUT2D eigenvalue weighted by Crippen LogP contribution is -2.48. The van der Waals surface area contributed by atoms with Gasteiger partial charge in [-0.25, -0.2) is 4.79 Å². The topological polar surface area (TPSA) is 32.8 Å². The SMILES string of the molecule is CCCN(CCC)C(=O)N1CCOCC1. The van der Waals surface area contributed by atoms with Crippen LogP contribution < -0.4 is 0 Å². The summed E-state index contributed by atoms with van der Waals surface area (Å²) >= 11 is 0. The minimum atomic E-state index is 0.182. The Morgan fingerprint density at radius 2 is 1.73 bits per heavy atom. The second-order valence-electron chi connectivity index (χ2n) is 3.87. The highest BCUT2D eigenvalue weighted by atomic mass is 16.5. The Morgan fingerprint density at radius 1 is 1.20 bits per heavy atom. The molecule has 0 spiro atoms. The number of rotatable bonds is 4. The van der Waals surface area contributed by atoms with Crippen molar-refractivity contribution in [3.8, 4) is 0 Å². The maximum atomic E-state index is 12.1. The highest BCUT2D eigenvalue weighted by Crippen LogP contribution is 2.04. The predicted molar refractivity (Wildman–Crippen MR) is 59.9 cm³/mol. The van der Waals surface area contributed by atoms with Crippen molar-refractivity contribution in [2.75, 3.05) is 39.4 Å². The van der Waals surface area contributed by atoms with Crippen molar-refractivity contribution in [3.63, 3.8) is 0 Å². The normalized spacial score (nSPS) is 16.5. The van der Waals surface area contributed by atoms with Gasteiger partial charge in [-0.05, 0) is 12.8 Å². The minimum absolute atomic E-state index is 0.182. The first-order valence-electron chi connectivity index (χ1n) is 5.91. The second kappa shape index (κ2) is 6.67. The van der Waals surface area contributed by atoms with E-state index in [1.165, 1.54) is 0 Å². The standard InChI is InChI=1S/C11H22N2O2/c1-3-5-12(6-4-2)11(14)13-7-9-15-10-8-13/h3-10H2,1-2H3. The van der Waals surface area contributed by atoms with Crippen molar-refractivity contribution in [2.45, 2.75) is 26.7 Å². The van der Waals surface area contributed by atoms with Gasteiger partial charge < -0.3 is 14.5 Å². The third-order valence-corrected chi connectivity index (χ3v) is 2.54. The molecule has 0 aliphatic carbocycles. The fourth-order valence-electron chi connectivity index (χ4n) is 1.80. The quantitative estimate of drug-likeness (QED) is 0.711. The smallest absolute Gasteiger partial charge is 0.320 e. The first kappa shape index (κ1) is 12.3. The van der Waals surface area contributed by atoms with Gasteiger partial charge >= 0.3 is 6.03 Å². The molecule has 0 aromatic rings. The van der Waals surface area contributed by atoms with Crippen LogP contribution >= 0.6 is 0 Å². The Labute approximate surface area is 92.2 Å². The molecule has 4 nitrogen and oxygen atoms in total. The minimum Gasteiger partial charge on any atom is -0.378 e. The van der Waals surface area contributed by atoms with Crippen molar-refractivity contribution >= 4 is 6.03 Å². The van der Waals surface area contributed by atoms with Crippen LogP contribution in [0.25, 0.3) is 0 Å². The summed E-state index contributed by atoms with van der Waals surface area (Å²) in [5.41, 5.74) is 0. The summed E-state index contributed by atoms with van der Waals surface area (Å²) in [7, 11) is 0. The van der Waals surface area contributed by atoms with Crippen LogP contribution in [0.1, 0.15) is 26.7 Å². The fourth-order valence-corrected chi connectivity index (χ4v) is 1.80. The van der Waals surface area contributed by atoms with Gasteiger partial charge in [0.25, 0.3) is 0 Å². The van der Waals surface area contributed by atoms with Gasteiger partial charge in [-0.2, -0.15) is 0 Å². The molecule has 0 saturated carbocycles. The molecule has 0 aromatic carbocycles. The summed E-state index contributed by atoms with van der Waals surface area (Å²) in [5.74, 6) is 0. The van der Waals surface area contributed by atoms with Crippen LogP contribution in [0, 0.1) is 0 Å². The number of carbonyl (C=O) groups is 1. The van der Waals surface area contributed by atoms with Crippen molar-refractivity contribution in [1.82, 2.24) is 9.80 Å². The van der Waals surface area contributed by atoms with E-state index in [0.717, 1.165) is 39.0 Å². The zero-order chi connectivity index (χ0) is 11.1. The lowest BCUT2D eigenvalue weighted by atomic mass is 10.3. The zero-order valence-electron chi connectivity index (χ0n) is 9.87. The number of urea groups is 1. The van der Waals surface area contributed by atoms with Crippen molar-refractivity contribution in [1.29, 1.82) is 0 Å². The van der Waals surface area contributed by atoms with E-state index < -0.39 is 0 Å². The van der Waals surface area contributed by atoms with Crippen molar-refractivity contribution in [2.24, 2.45) is 0 Å². The number of nitrogens with zero attached hydrogens (tertiary/aromatic N) is 2. The molecule has 0 N–H and O–H groups in total. The summed E-state index contributed by atoms with van der Waals surface area (Å²) in [6.07, 6.45) is 2.05. The largest absolute Gasteiger partial charge is 0.378 e. The Hall–Kier alpha value is -0.770. The van der Waals surface area contributed by atoms with Gasteiger partial charge in [-0.1, -0.05) is 13.8 Å². The lowest BCUT2D eigenvalue weighted by Gasteiger charge is -2.32. The van der Waals surface area contributed by atoms with Crippen molar-refractivity contribution < 1.29 is 9.53 Å². The molecular weight excluding hydrogens is 192 g/mol. The summed E-state index contributed by atoms with van der Waals surface area (Å²) in [6.45, 7) is 8.78. The Bertz CT molecular complexity index is 185. The number of ether oxygens (including phenoxy) is 1. The average molecular weight is 214 g/mol. The van der Waals surface area contributed by atoms with E-state index >= 15 is 0 Å².